The molecule has 1 fully saturated rings. The first-order chi connectivity index (χ1) is 10.1. The van der Waals surface area contributed by atoms with E-state index in [0.717, 1.165) is 12.8 Å². The van der Waals surface area contributed by atoms with Crippen molar-refractivity contribution in [1.29, 1.82) is 0 Å². The van der Waals surface area contributed by atoms with Gasteiger partial charge in [0.1, 0.15) is 0 Å². The lowest BCUT2D eigenvalue weighted by atomic mass is 9.78. The molecule has 0 spiro atoms. The number of hydrogen-bond acceptors (Lipinski definition) is 4. The third kappa shape index (κ3) is 4.28. The fourth-order valence-corrected chi connectivity index (χ4v) is 2.73. The van der Waals surface area contributed by atoms with E-state index < -0.39 is 5.97 Å². The smallest absolute Gasteiger partial charge is 0.340 e. The molecule has 1 amide bonds. The van der Waals surface area contributed by atoms with Crippen LogP contribution in [-0.4, -0.2) is 29.5 Å². The van der Waals surface area contributed by atoms with Crippen LogP contribution < -0.4 is 5.32 Å². The number of carbonyl (C=O) groups is 2. The van der Waals surface area contributed by atoms with E-state index in [2.05, 4.69) is 24.1 Å². The molecular weight excluding hydrogens is 268 g/mol. The van der Waals surface area contributed by atoms with E-state index in [1.54, 1.807) is 18.3 Å². The first kappa shape index (κ1) is 15.5. The number of rotatable bonds is 4. The van der Waals surface area contributed by atoms with E-state index >= 15 is 0 Å². The van der Waals surface area contributed by atoms with Crippen LogP contribution in [0.25, 0.3) is 0 Å². The first-order valence-corrected chi connectivity index (χ1v) is 7.44. The fraction of sp³-hybridized carbons (Fsp3) is 0.562. The van der Waals surface area contributed by atoms with E-state index in [-0.39, 0.29) is 18.6 Å². The van der Waals surface area contributed by atoms with Crippen molar-refractivity contribution in [2.45, 2.75) is 39.2 Å². The van der Waals surface area contributed by atoms with Gasteiger partial charge in [0, 0.05) is 18.4 Å². The number of hydrogen-bond donors (Lipinski definition) is 1. The Morgan fingerprint density at radius 3 is 2.90 bits per heavy atom. The molecule has 2 rings (SSSR count). The molecule has 21 heavy (non-hydrogen) atoms. The van der Waals surface area contributed by atoms with Crippen molar-refractivity contribution in [2.24, 2.45) is 11.8 Å². The van der Waals surface area contributed by atoms with Gasteiger partial charge in [0.15, 0.2) is 6.61 Å². The average molecular weight is 290 g/mol. The van der Waals surface area contributed by atoms with Crippen molar-refractivity contribution in [3.8, 4) is 0 Å². The first-order valence-electron chi connectivity index (χ1n) is 7.44. The molecule has 1 aliphatic rings. The van der Waals surface area contributed by atoms with Crippen LogP contribution in [-0.2, 0) is 9.53 Å². The normalized spacial score (nSPS) is 25.1. The lowest BCUT2D eigenvalue weighted by Gasteiger charge is -2.34. The Morgan fingerprint density at radius 2 is 2.19 bits per heavy atom. The minimum absolute atomic E-state index is 0.179. The minimum Gasteiger partial charge on any atom is -0.452 e. The van der Waals surface area contributed by atoms with Gasteiger partial charge >= 0.3 is 5.97 Å². The molecule has 1 N–H and O–H groups in total. The molecule has 3 atom stereocenters. The summed E-state index contributed by atoms with van der Waals surface area (Å²) in [4.78, 5) is 27.5. The van der Waals surface area contributed by atoms with Crippen LogP contribution >= 0.6 is 0 Å². The standard InChI is InChI=1S/C16H22N2O3/c1-11-5-3-7-14(12(11)2)18-15(19)10-21-16(20)13-6-4-8-17-9-13/h4,6,8-9,11-12,14H,3,5,7,10H2,1-2H3,(H,18,19)/t11-,12-,14-/m1/s1. The van der Waals surface area contributed by atoms with Gasteiger partial charge in [-0.3, -0.25) is 9.78 Å². The highest BCUT2D eigenvalue weighted by Crippen LogP contribution is 2.29. The van der Waals surface area contributed by atoms with Crippen LogP contribution in [0.5, 0.6) is 0 Å². The molecule has 0 bridgehead atoms. The number of amides is 1. The highest BCUT2D eigenvalue weighted by atomic mass is 16.5. The van der Waals surface area contributed by atoms with Gasteiger partial charge in [-0.25, -0.2) is 4.79 Å². The zero-order valence-corrected chi connectivity index (χ0v) is 12.5. The summed E-state index contributed by atoms with van der Waals surface area (Å²) in [5.41, 5.74) is 0.352. The molecule has 114 valence electrons. The fourth-order valence-electron chi connectivity index (χ4n) is 2.73. The molecule has 0 aromatic carbocycles. The average Bonchev–Trinajstić information content (AvgIpc) is 2.50. The summed E-state index contributed by atoms with van der Waals surface area (Å²) >= 11 is 0. The SMILES string of the molecule is C[C@@H]1[C@H](C)CCC[C@H]1NC(=O)COC(=O)c1cccnc1. The second-order valence-electron chi connectivity index (χ2n) is 5.76. The second kappa shape index (κ2) is 7.20. The van der Waals surface area contributed by atoms with Crippen molar-refractivity contribution in [1.82, 2.24) is 10.3 Å². The summed E-state index contributed by atoms with van der Waals surface area (Å²) in [7, 11) is 0. The summed E-state index contributed by atoms with van der Waals surface area (Å²) in [6.45, 7) is 4.13. The largest absolute Gasteiger partial charge is 0.452 e. The maximum atomic E-state index is 11.9. The number of pyridine rings is 1. The van der Waals surface area contributed by atoms with Gasteiger partial charge in [0.25, 0.3) is 5.91 Å². The molecule has 5 heteroatoms. The Balaban J connectivity index is 1.78. The Bertz CT molecular complexity index is 490. The molecule has 0 aliphatic heterocycles. The zero-order chi connectivity index (χ0) is 15.2. The zero-order valence-electron chi connectivity index (χ0n) is 12.5. The summed E-state index contributed by atoms with van der Waals surface area (Å²) in [6, 6.07) is 3.44. The van der Waals surface area contributed by atoms with Crippen molar-refractivity contribution in [3.05, 3.63) is 30.1 Å². The van der Waals surface area contributed by atoms with Gasteiger partial charge in [0.2, 0.25) is 0 Å². The Morgan fingerprint density at radius 1 is 1.38 bits per heavy atom. The number of nitrogens with one attached hydrogen (secondary N) is 1. The van der Waals surface area contributed by atoms with Gasteiger partial charge in [-0.05, 0) is 30.4 Å². The summed E-state index contributed by atoms with van der Waals surface area (Å²) in [5, 5.41) is 2.97. The predicted octanol–water partition coefficient (Wildman–Crippen LogP) is 2.18. The van der Waals surface area contributed by atoms with Gasteiger partial charge in [-0.15, -0.1) is 0 Å². The van der Waals surface area contributed by atoms with Gasteiger partial charge in [0.05, 0.1) is 5.56 Å². The number of aromatic nitrogens is 1. The summed E-state index contributed by atoms with van der Waals surface area (Å²) in [6.07, 6.45) is 6.34. The van der Waals surface area contributed by atoms with E-state index in [4.69, 9.17) is 4.74 Å². The van der Waals surface area contributed by atoms with Crippen molar-refractivity contribution < 1.29 is 14.3 Å². The third-order valence-corrected chi connectivity index (χ3v) is 4.28. The Labute approximate surface area is 125 Å². The van der Waals surface area contributed by atoms with E-state index in [9.17, 15) is 9.59 Å². The van der Waals surface area contributed by atoms with Gasteiger partial charge in [-0.2, -0.15) is 0 Å². The van der Waals surface area contributed by atoms with Crippen molar-refractivity contribution in [3.63, 3.8) is 0 Å². The Hall–Kier alpha value is -1.91. The van der Waals surface area contributed by atoms with Crippen LogP contribution in [0, 0.1) is 11.8 Å². The maximum Gasteiger partial charge on any atom is 0.340 e. The molecule has 1 aromatic heterocycles. The van der Waals surface area contributed by atoms with Crippen LogP contribution in [0.15, 0.2) is 24.5 Å². The predicted molar refractivity (Wildman–Crippen MR) is 78.6 cm³/mol. The van der Waals surface area contributed by atoms with Crippen LogP contribution in [0.3, 0.4) is 0 Å². The molecule has 0 radical (unpaired) electrons. The molecule has 0 unspecified atom stereocenters. The van der Waals surface area contributed by atoms with Crippen molar-refractivity contribution in [2.75, 3.05) is 6.61 Å². The monoisotopic (exact) mass is 290 g/mol. The topological polar surface area (TPSA) is 68.3 Å². The van der Waals surface area contributed by atoms with Crippen LogP contribution in [0.2, 0.25) is 0 Å². The molecule has 1 heterocycles. The van der Waals surface area contributed by atoms with E-state index in [1.165, 1.54) is 12.6 Å². The molecule has 1 saturated carbocycles. The summed E-state index contributed by atoms with van der Waals surface area (Å²) in [5.74, 6) is 0.306. The summed E-state index contributed by atoms with van der Waals surface area (Å²) < 4.78 is 5.00. The molecule has 1 aromatic rings. The highest BCUT2D eigenvalue weighted by molar-refractivity contribution is 5.90. The van der Waals surface area contributed by atoms with Gasteiger partial charge in [-0.1, -0.05) is 26.7 Å². The second-order valence-corrected chi connectivity index (χ2v) is 5.76. The molecule has 1 aliphatic carbocycles. The number of carbonyl (C=O) groups excluding carboxylic acids is 2. The number of esters is 1. The highest BCUT2D eigenvalue weighted by Gasteiger charge is 2.28. The lowest BCUT2D eigenvalue weighted by molar-refractivity contribution is -0.125. The molecule has 5 nitrogen and oxygen atoms in total. The maximum absolute atomic E-state index is 11.9. The lowest BCUT2D eigenvalue weighted by Crippen LogP contribution is -2.45. The van der Waals surface area contributed by atoms with E-state index in [0.29, 0.717) is 17.4 Å². The number of nitrogens with zero attached hydrogens (tertiary/aromatic N) is 1. The quantitative estimate of drug-likeness (QED) is 0.863. The molecular formula is C16H22N2O3. The Kier molecular flexibility index (Phi) is 5.31. The van der Waals surface area contributed by atoms with Crippen molar-refractivity contribution >= 4 is 11.9 Å². The molecule has 0 saturated heterocycles. The van der Waals surface area contributed by atoms with Crippen LogP contribution in [0.4, 0.5) is 0 Å². The number of ether oxygens (including phenoxy) is 1. The van der Waals surface area contributed by atoms with Gasteiger partial charge < -0.3 is 10.1 Å². The van der Waals surface area contributed by atoms with E-state index in [1.807, 2.05) is 0 Å². The van der Waals surface area contributed by atoms with Crippen LogP contribution in [0.1, 0.15) is 43.5 Å². The minimum atomic E-state index is -0.525. The third-order valence-electron chi connectivity index (χ3n) is 4.28.